The highest BCUT2D eigenvalue weighted by Gasteiger charge is 2.31. The number of anilines is 1. The molecule has 1 aliphatic heterocycles. The van der Waals surface area contributed by atoms with Gasteiger partial charge in [0.15, 0.2) is 0 Å². The summed E-state index contributed by atoms with van der Waals surface area (Å²) in [5.74, 6) is 2.24. The van der Waals surface area contributed by atoms with E-state index in [9.17, 15) is 4.79 Å². The highest BCUT2D eigenvalue weighted by molar-refractivity contribution is 7.80. The van der Waals surface area contributed by atoms with Crippen molar-refractivity contribution >= 4 is 24.4 Å². The topological polar surface area (TPSA) is 38.1 Å². The Bertz CT molecular complexity index is 404. The van der Waals surface area contributed by atoms with Crippen LogP contribution < -0.4 is 4.90 Å². The van der Waals surface area contributed by atoms with Crippen molar-refractivity contribution < 1.29 is 4.79 Å². The highest BCUT2D eigenvalue weighted by atomic mass is 32.1. The summed E-state index contributed by atoms with van der Waals surface area (Å²) in [5, 5.41) is 4.32. The van der Waals surface area contributed by atoms with Crippen LogP contribution in [0.4, 0.5) is 5.82 Å². The fourth-order valence-electron chi connectivity index (χ4n) is 2.16. The molecule has 0 spiro atoms. The van der Waals surface area contributed by atoms with Crippen LogP contribution in [-0.2, 0) is 4.79 Å². The van der Waals surface area contributed by atoms with E-state index in [1.807, 2.05) is 15.6 Å². The van der Waals surface area contributed by atoms with Gasteiger partial charge < -0.3 is 0 Å². The molecule has 5 heteroatoms. The summed E-state index contributed by atoms with van der Waals surface area (Å²) in [6.07, 6.45) is 3.38. The number of aromatic nitrogens is 2. The van der Waals surface area contributed by atoms with Crippen LogP contribution >= 0.6 is 12.6 Å². The fourth-order valence-corrected chi connectivity index (χ4v) is 2.40. The maximum atomic E-state index is 12.0. The Morgan fingerprint density at radius 1 is 1.65 bits per heavy atom. The average Bonchev–Trinajstić information content (AvgIpc) is 2.93. The maximum absolute atomic E-state index is 12.0. The largest absolute Gasteiger partial charge is 0.297 e. The molecule has 2 unspecified atom stereocenters. The van der Waals surface area contributed by atoms with Crippen molar-refractivity contribution in [3.8, 4) is 0 Å². The van der Waals surface area contributed by atoms with Crippen LogP contribution in [0.5, 0.6) is 0 Å². The molecule has 1 aromatic heterocycles. The van der Waals surface area contributed by atoms with E-state index in [1.165, 1.54) is 0 Å². The molecule has 0 radical (unpaired) electrons. The Kier molecular flexibility index (Phi) is 3.76. The number of rotatable bonds is 4. The standard InChI is InChI=1S/C12H19N3OS/c1-3-9(2)15-11(4-5-13-15)14-7-10(8-17)6-12(14)16/h4-5,9-10,17H,3,6-8H2,1-2H3. The van der Waals surface area contributed by atoms with Crippen LogP contribution in [0.25, 0.3) is 0 Å². The first-order chi connectivity index (χ1) is 8.17. The second kappa shape index (κ2) is 5.12. The lowest BCUT2D eigenvalue weighted by molar-refractivity contribution is -0.117. The van der Waals surface area contributed by atoms with E-state index in [1.54, 1.807) is 6.20 Å². The lowest BCUT2D eigenvalue weighted by atomic mass is 10.1. The van der Waals surface area contributed by atoms with Crippen LogP contribution in [0, 0.1) is 5.92 Å². The predicted molar refractivity (Wildman–Crippen MR) is 71.5 cm³/mol. The molecule has 1 saturated heterocycles. The Labute approximate surface area is 107 Å². The predicted octanol–water partition coefficient (Wildman–Crippen LogP) is 2.14. The van der Waals surface area contributed by atoms with Crippen molar-refractivity contribution in [3.63, 3.8) is 0 Å². The number of nitrogens with zero attached hydrogens (tertiary/aromatic N) is 3. The van der Waals surface area contributed by atoms with E-state index in [0.717, 1.165) is 24.5 Å². The first-order valence-electron chi connectivity index (χ1n) is 6.12. The van der Waals surface area contributed by atoms with Crippen LogP contribution in [0.1, 0.15) is 32.7 Å². The minimum atomic E-state index is 0.189. The average molecular weight is 253 g/mol. The summed E-state index contributed by atoms with van der Waals surface area (Å²) in [5.41, 5.74) is 0. The van der Waals surface area contributed by atoms with Crippen molar-refractivity contribution in [1.29, 1.82) is 0 Å². The smallest absolute Gasteiger partial charge is 0.228 e. The number of hydrogen-bond acceptors (Lipinski definition) is 3. The van der Waals surface area contributed by atoms with Gasteiger partial charge in [0.1, 0.15) is 5.82 Å². The lowest BCUT2D eigenvalue weighted by Gasteiger charge is -2.21. The van der Waals surface area contributed by atoms with Gasteiger partial charge in [-0.05, 0) is 25.0 Å². The molecule has 94 valence electrons. The molecule has 4 nitrogen and oxygen atoms in total. The van der Waals surface area contributed by atoms with Gasteiger partial charge in [-0.15, -0.1) is 0 Å². The van der Waals surface area contributed by atoms with Crippen molar-refractivity contribution in [3.05, 3.63) is 12.3 Å². The number of carbonyl (C=O) groups excluding carboxylic acids is 1. The summed E-state index contributed by atoms with van der Waals surface area (Å²) >= 11 is 4.28. The molecule has 2 rings (SSSR count). The molecular weight excluding hydrogens is 234 g/mol. The van der Waals surface area contributed by atoms with Crippen molar-refractivity contribution in [2.45, 2.75) is 32.7 Å². The summed E-state index contributed by atoms with van der Waals surface area (Å²) < 4.78 is 1.94. The van der Waals surface area contributed by atoms with E-state index in [-0.39, 0.29) is 5.91 Å². The Balaban J connectivity index is 2.23. The van der Waals surface area contributed by atoms with Gasteiger partial charge in [0.05, 0.1) is 12.2 Å². The molecular formula is C12H19N3OS. The molecule has 17 heavy (non-hydrogen) atoms. The van der Waals surface area contributed by atoms with Crippen LogP contribution in [0.3, 0.4) is 0 Å². The van der Waals surface area contributed by atoms with Gasteiger partial charge in [-0.1, -0.05) is 6.92 Å². The summed E-state index contributed by atoms with van der Waals surface area (Å²) in [6.45, 7) is 5.01. The Hall–Kier alpha value is -0.970. The van der Waals surface area contributed by atoms with Crippen molar-refractivity contribution in [1.82, 2.24) is 9.78 Å². The third-order valence-electron chi connectivity index (χ3n) is 3.40. The third kappa shape index (κ3) is 2.34. The van der Waals surface area contributed by atoms with Gasteiger partial charge in [0.25, 0.3) is 0 Å². The number of amides is 1. The maximum Gasteiger partial charge on any atom is 0.228 e. The minimum Gasteiger partial charge on any atom is -0.297 e. The van der Waals surface area contributed by atoms with E-state index in [0.29, 0.717) is 18.4 Å². The summed E-state index contributed by atoms with van der Waals surface area (Å²) in [6, 6.07) is 2.24. The number of hydrogen-bond donors (Lipinski definition) is 1. The first-order valence-corrected chi connectivity index (χ1v) is 6.75. The quantitative estimate of drug-likeness (QED) is 0.835. The molecule has 0 aromatic carbocycles. The van der Waals surface area contributed by atoms with Crippen LogP contribution in [0.2, 0.25) is 0 Å². The van der Waals surface area contributed by atoms with Gasteiger partial charge in [-0.3, -0.25) is 9.69 Å². The molecule has 1 aromatic rings. The van der Waals surface area contributed by atoms with E-state index in [2.05, 4.69) is 31.6 Å². The second-order valence-electron chi connectivity index (χ2n) is 4.65. The normalized spacial score (nSPS) is 22.2. The lowest BCUT2D eigenvalue weighted by Crippen LogP contribution is -2.28. The fraction of sp³-hybridized carbons (Fsp3) is 0.667. The van der Waals surface area contributed by atoms with Gasteiger partial charge >= 0.3 is 0 Å². The van der Waals surface area contributed by atoms with Crippen LogP contribution in [0.15, 0.2) is 12.3 Å². The monoisotopic (exact) mass is 253 g/mol. The zero-order valence-corrected chi connectivity index (χ0v) is 11.2. The molecule has 2 atom stereocenters. The second-order valence-corrected chi connectivity index (χ2v) is 5.01. The van der Waals surface area contributed by atoms with E-state index >= 15 is 0 Å². The van der Waals surface area contributed by atoms with E-state index < -0.39 is 0 Å². The van der Waals surface area contributed by atoms with Gasteiger partial charge in [0.2, 0.25) is 5.91 Å². The number of carbonyl (C=O) groups is 1. The minimum absolute atomic E-state index is 0.189. The van der Waals surface area contributed by atoms with Crippen LogP contribution in [-0.4, -0.2) is 28.0 Å². The van der Waals surface area contributed by atoms with Gasteiger partial charge in [-0.25, -0.2) is 4.68 Å². The van der Waals surface area contributed by atoms with Gasteiger partial charge in [0, 0.05) is 19.0 Å². The summed E-state index contributed by atoms with van der Waals surface area (Å²) in [4.78, 5) is 13.8. The van der Waals surface area contributed by atoms with E-state index in [4.69, 9.17) is 0 Å². The molecule has 0 N–H and O–H groups in total. The molecule has 1 amide bonds. The first kappa shape index (κ1) is 12.5. The third-order valence-corrected chi connectivity index (χ3v) is 3.91. The Morgan fingerprint density at radius 2 is 2.41 bits per heavy atom. The Morgan fingerprint density at radius 3 is 3.00 bits per heavy atom. The van der Waals surface area contributed by atoms with Crippen molar-refractivity contribution in [2.24, 2.45) is 5.92 Å². The molecule has 0 aliphatic carbocycles. The molecule has 2 heterocycles. The van der Waals surface area contributed by atoms with Gasteiger partial charge in [-0.2, -0.15) is 17.7 Å². The molecule has 0 bridgehead atoms. The molecule has 1 fully saturated rings. The SMILES string of the molecule is CCC(C)n1nccc1N1CC(CS)CC1=O. The molecule has 1 aliphatic rings. The summed E-state index contributed by atoms with van der Waals surface area (Å²) in [7, 11) is 0. The zero-order valence-electron chi connectivity index (χ0n) is 10.3. The molecule has 0 saturated carbocycles. The van der Waals surface area contributed by atoms with Crippen molar-refractivity contribution in [2.75, 3.05) is 17.2 Å². The highest BCUT2D eigenvalue weighted by Crippen LogP contribution is 2.27. The zero-order chi connectivity index (χ0) is 12.4. The number of thiol groups is 1.